The Kier molecular flexibility index (Phi) is 26.1. The monoisotopic (exact) mass is 630 g/mol. The van der Waals surface area contributed by atoms with Crippen molar-refractivity contribution >= 4 is 24.5 Å². The SMILES string of the molecule is CCCCCCCCCCCCCCCCCCNC(=O)N1CCCCC1CCOC(=O)NCCCN1CCOCC1.Cl. The lowest BCUT2D eigenvalue weighted by Crippen LogP contribution is -2.49. The van der Waals surface area contributed by atoms with E-state index in [1.807, 2.05) is 4.90 Å². The van der Waals surface area contributed by atoms with Crippen LogP contribution >= 0.6 is 12.4 Å². The van der Waals surface area contributed by atoms with Crippen LogP contribution in [0, 0.1) is 0 Å². The standard InChI is InChI=1S/C34H66N4O4.ClH/c1-2-3-4-5-6-7-8-9-10-11-12-13-14-15-16-18-23-35-33(39)38-26-19-17-21-32(38)22-29-42-34(40)36-24-20-25-37-27-30-41-31-28-37;/h32H,2-31H2,1H3,(H,35,39)(H,36,40);1H. The number of piperidine rings is 1. The van der Waals surface area contributed by atoms with Gasteiger partial charge in [0.05, 0.1) is 19.8 Å². The number of hydrogen-bond donors (Lipinski definition) is 2. The zero-order valence-corrected chi connectivity index (χ0v) is 28.5. The number of alkyl carbamates (subject to hydrolysis) is 1. The molecule has 0 radical (unpaired) electrons. The van der Waals surface area contributed by atoms with Gasteiger partial charge in [-0.15, -0.1) is 12.4 Å². The van der Waals surface area contributed by atoms with Gasteiger partial charge in [0, 0.05) is 45.2 Å². The number of nitrogens with one attached hydrogen (secondary N) is 2. The Balaban J connectivity index is 0.00000924. The number of hydrogen-bond acceptors (Lipinski definition) is 5. The van der Waals surface area contributed by atoms with Gasteiger partial charge in [-0.1, -0.05) is 103 Å². The minimum Gasteiger partial charge on any atom is -0.449 e. The fraction of sp³-hybridized carbons (Fsp3) is 0.941. The molecule has 43 heavy (non-hydrogen) atoms. The first-order valence-corrected chi connectivity index (χ1v) is 18.0. The molecular formula is C34H67ClN4O4. The normalized spacial score (nSPS) is 17.3. The smallest absolute Gasteiger partial charge is 0.407 e. The molecule has 1 unspecified atom stereocenters. The van der Waals surface area contributed by atoms with Crippen LogP contribution in [0.3, 0.4) is 0 Å². The van der Waals surface area contributed by atoms with Gasteiger partial charge < -0.3 is 25.0 Å². The van der Waals surface area contributed by atoms with E-state index in [1.54, 1.807) is 0 Å². The third kappa shape index (κ3) is 21.2. The molecule has 2 N–H and O–H groups in total. The van der Waals surface area contributed by atoms with Crippen LogP contribution < -0.4 is 10.6 Å². The number of nitrogens with zero attached hydrogens (tertiary/aromatic N) is 2. The van der Waals surface area contributed by atoms with E-state index in [1.165, 1.54) is 96.3 Å². The zero-order chi connectivity index (χ0) is 29.9. The molecule has 0 aliphatic carbocycles. The number of urea groups is 1. The van der Waals surface area contributed by atoms with Gasteiger partial charge >= 0.3 is 12.1 Å². The third-order valence-electron chi connectivity index (χ3n) is 8.90. The molecule has 2 aliphatic heterocycles. The Morgan fingerprint density at radius 3 is 1.88 bits per heavy atom. The molecule has 2 saturated heterocycles. The van der Waals surface area contributed by atoms with Gasteiger partial charge in [0.2, 0.25) is 0 Å². The Labute approximate surface area is 270 Å². The van der Waals surface area contributed by atoms with Crippen molar-refractivity contribution in [3.05, 3.63) is 0 Å². The summed E-state index contributed by atoms with van der Waals surface area (Å²) in [4.78, 5) is 29.3. The zero-order valence-electron chi connectivity index (χ0n) is 27.7. The van der Waals surface area contributed by atoms with Gasteiger partial charge in [-0.25, -0.2) is 9.59 Å². The molecule has 0 aromatic rings. The summed E-state index contributed by atoms with van der Waals surface area (Å²) in [6, 6.07) is 0.201. The molecule has 3 amide bonds. The molecule has 1 atom stereocenters. The number of unbranched alkanes of at least 4 members (excludes halogenated alkanes) is 15. The topological polar surface area (TPSA) is 83.1 Å². The summed E-state index contributed by atoms with van der Waals surface area (Å²) < 4.78 is 10.8. The number of carbonyl (C=O) groups is 2. The lowest BCUT2D eigenvalue weighted by Gasteiger charge is -2.35. The van der Waals surface area contributed by atoms with Crippen molar-refractivity contribution in [1.29, 1.82) is 0 Å². The summed E-state index contributed by atoms with van der Waals surface area (Å²) >= 11 is 0. The van der Waals surface area contributed by atoms with Crippen LogP contribution in [0.15, 0.2) is 0 Å². The van der Waals surface area contributed by atoms with E-state index in [0.717, 1.165) is 78.0 Å². The van der Waals surface area contributed by atoms with Crippen molar-refractivity contribution in [3.8, 4) is 0 Å². The number of carbonyl (C=O) groups excluding carboxylic acids is 2. The highest BCUT2D eigenvalue weighted by Gasteiger charge is 2.26. The van der Waals surface area contributed by atoms with Gasteiger partial charge in [-0.3, -0.25) is 4.90 Å². The van der Waals surface area contributed by atoms with Gasteiger partial charge in [0.25, 0.3) is 0 Å². The van der Waals surface area contributed by atoms with Gasteiger partial charge in [-0.2, -0.15) is 0 Å². The molecule has 254 valence electrons. The predicted octanol–water partition coefficient (Wildman–Crippen LogP) is 8.07. The molecule has 2 heterocycles. The molecule has 0 spiro atoms. The fourth-order valence-corrected chi connectivity index (χ4v) is 6.19. The van der Waals surface area contributed by atoms with Crippen molar-refractivity contribution in [2.45, 2.75) is 148 Å². The summed E-state index contributed by atoms with van der Waals surface area (Å²) in [5, 5.41) is 6.00. The lowest BCUT2D eigenvalue weighted by molar-refractivity contribution is 0.0373. The highest BCUT2D eigenvalue weighted by atomic mass is 35.5. The second-order valence-electron chi connectivity index (χ2n) is 12.5. The van der Waals surface area contributed by atoms with Crippen molar-refractivity contribution in [2.24, 2.45) is 0 Å². The minimum absolute atomic E-state index is 0. The van der Waals surface area contributed by atoms with Crippen LogP contribution in [-0.2, 0) is 9.47 Å². The first-order valence-electron chi connectivity index (χ1n) is 18.0. The highest BCUT2D eigenvalue weighted by molar-refractivity contribution is 5.85. The molecule has 0 aromatic carbocycles. The Morgan fingerprint density at radius 2 is 1.28 bits per heavy atom. The highest BCUT2D eigenvalue weighted by Crippen LogP contribution is 2.20. The van der Waals surface area contributed by atoms with Crippen molar-refractivity contribution < 1.29 is 19.1 Å². The summed E-state index contributed by atoms with van der Waals surface area (Å²) in [5.41, 5.74) is 0. The molecule has 0 bridgehead atoms. The molecule has 2 aliphatic rings. The molecule has 2 fully saturated rings. The first kappa shape index (κ1) is 39.8. The van der Waals surface area contributed by atoms with Crippen LogP contribution in [0.5, 0.6) is 0 Å². The maximum atomic E-state index is 12.9. The number of likely N-dealkylation sites (tertiary alicyclic amines) is 1. The Morgan fingerprint density at radius 1 is 0.721 bits per heavy atom. The van der Waals surface area contributed by atoms with E-state index >= 15 is 0 Å². The largest absolute Gasteiger partial charge is 0.449 e. The van der Waals surface area contributed by atoms with E-state index in [9.17, 15) is 9.59 Å². The van der Waals surface area contributed by atoms with Crippen LogP contribution in [-0.4, -0.2) is 87.1 Å². The molecule has 0 aromatic heterocycles. The second-order valence-corrected chi connectivity index (χ2v) is 12.5. The summed E-state index contributed by atoms with van der Waals surface area (Å²) in [6.07, 6.45) is 26.1. The van der Waals surface area contributed by atoms with Crippen molar-refractivity contribution in [2.75, 3.05) is 59.1 Å². The van der Waals surface area contributed by atoms with Crippen LogP contribution in [0.4, 0.5) is 9.59 Å². The maximum Gasteiger partial charge on any atom is 0.407 e. The van der Waals surface area contributed by atoms with Gasteiger partial charge in [-0.05, 0) is 38.6 Å². The van der Waals surface area contributed by atoms with Crippen LogP contribution in [0.25, 0.3) is 0 Å². The van der Waals surface area contributed by atoms with Gasteiger partial charge in [0.15, 0.2) is 0 Å². The molecule has 2 rings (SSSR count). The summed E-state index contributed by atoms with van der Waals surface area (Å²) in [5.74, 6) is 0. The average molecular weight is 631 g/mol. The number of amides is 3. The summed E-state index contributed by atoms with van der Waals surface area (Å²) in [7, 11) is 0. The Hall–Kier alpha value is -1.25. The second kappa shape index (κ2) is 28.2. The van der Waals surface area contributed by atoms with Crippen molar-refractivity contribution in [3.63, 3.8) is 0 Å². The predicted molar refractivity (Wildman–Crippen MR) is 180 cm³/mol. The first-order chi connectivity index (χ1) is 20.7. The molecule has 9 heteroatoms. The van der Waals surface area contributed by atoms with Gasteiger partial charge in [0.1, 0.15) is 0 Å². The van der Waals surface area contributed by atoms with E-state index in [-0.39, 0.29) is 30.6 Å². The number of ether oxygens (including phenoxy) is 2. The van der Waals surface area contributed by atoms with Crippen LogP contribution in [0.2, 0.25) is 0 Å². The number of rotatable bonds is 24. The van der Waals surface area contributed by atoms with E-state index < -0.39 is 0 Å². The number of halogens is 1. The lowest BCUT2D eigenvalue weighted by atomic mass is 10.00. The number of morpholine rings is 1. The Bertz CT molecular complexity index is 666. The van der Waals surface area contributed by atoms with Crippen molar-refractivity contribution in [1.82, 2.24) is 20.4 Å². The van der Waals surface area contributed by atoms with E-state index in [0.29, 0.717) is 19.6 Å². The molecule has 8 nitrogen and oxygen atoms in total. The van der Waals surface area contributed by atoms with Crippen LogP contribution in [0.1, 0.15) is 142 Å². The average Bonchev–Trinajstić information content (AvgIpc) is 3.01. The fourth-order valence-electron chi connectivity index (χ4n) is 6.19. The van der Waals surface area contributed by atoms with E-state index in [4.69, 9.17) is 9.47 Å². The minimum atomic E-state index is -0.354. The quantitative estimate of drug-likeness (QED) is 0.105. The van der Waals surface area contributed by atoms with E-state index in [2.05, 4.69) is 22.5 Å². The molecular weight excluding hydrogens is 564 g/mol. The maximum absolute atomic E-state index is 12.9. The third-order valence-corrected chi connectivity index (χ3v) is 8.90. The molecule has 0 saturated carbocycles. The summed E-state index contributed by atoms with van der Waals surface area (Å²) in [6.45, 7) is 9.30.